The summed E-state index contributed by atoms with van der Waals surface area (Å²) in [7, 11) is 0. The van der Waals surface area contributed by atoms with Crippen molar-refractivity contribution >= 4 is 17.5 Å². The molecule has 1 aliphatic heterocycles. The Hall–Kier alpha value is -1.92. The summed E-state index contributed by atoms with van der Waals surface area (Å²) in [6.07, 6.45) is 0.368. The molecule has 1 aliphatic rings. The average molecular weight is 306 g/mol. The van der Waals surface area contributed by atoms with E-state index in [1.54, 1.807) is 12.1 Å². The quantitative estimate of drug-likeness (QED) is 0.853. The molecule has 1 saturated heterocycles. The average Bonchev–Trinajstić information content (AvgIpc) is 2.55. The molecule has 0 spiro atoms. The topological polar surface area (TPSA) is 67.9 Å². The molecule has 1 aromatic rings. The van der Waals surface area contributed by atoms with Crippen molar-refractivity contribution in [3.8, 4) is 0 Å². The van der Waals surface area contributed by atoms with Crippen molar-refractivity contribution in [3.05, 3.63) is 29.8 Å². The molecule has 1 N–H and O–H groups in total. The molecule has 0 bridgehead atoms. The third-order valence-corrected chi connectivity index (χ3v) is 3.39. The Labute approximate surface area is 130 Å². The number of morpholine rings is 1. The largest absolute Gasteiger partial charge is 0.378 e. The molecule has 6 heteroatoms. The zero-order chi connectivity index (χ0) is 15.8. The predicted octanol–water partition coefficient (Wildman–Crippen LogP) is 1.06. The monoisotopic (exact) mass is 306 g/mol. The van der Waals surface area contributed by atoms with E-state index in [-0.39, 0.29) is 18.4 Å². The molecular formula is C16H22N2O4. The summed E-state index contributed by atoms with van der Waals surface area (Å²) in [4.78, 5) is 25.5. The fourth-order valence-corrected chi connectivity index (χ4v) is 2.20. The van der Waals surface area contributed by atoms with Crippen LogP contribution in [-0.2, 0) is 25.5 Å². The molecule has 0 aliphatic carbocycles. The van der Waals surface area contributed by atoms with E-state index in [9.17, 15) is 9.59 Å². The number of amides is 2. The van der Waals surface area contributed by atoms with Crippen LogP contribution in [0.3, 0.4) is 0 Å². The van der Waals surface area contributed by atoms with Crippen LogP contribution in [0, 0.1) is 0 Å². The summed E-state index contributed by atoms with van der Waals surface area (Å²) in [5.74, 6) is -0.0737. The van der Waals surface area contributed by atoms with Crippen molar-refractivity contribution in [2.45, 2.75) is 13.3 Å². The fraction of sp³-hybridized carbons (Fsp3) is 0.500. The van der Waals surface area contributed by atoms with Crippen LogP contribution in [-0.4, -0.2) is 56.2 Å². The van der Waals surface area contributed by atoms with Crippen LogP contribution in [0.25, 0.3) is 0 Å². The Bertz CT molecular complexity index is 495. The normalized spacial score (nSPS) is 14.7. The molecule has 1 fully saturated rings. The van der Waals surface area contributed by atoms with Crippen LogP contribution < -0.4 is 5.32 Å². The number of carbonyl (C=O) groups is 2. The first-order valence-corrected chi connectivity index (χ1v) is 7.51. The number of rotatable bonds is 6. The Morgan fingerprint density at radius 2 is 1.91 bits per heavy atom. The van der Waals surface area contributed by atoms with Gasteiger partial charge in [-0.25, -0.2) is 0 Å². The van der Waals surface area contributed by atoms with E-state index in [0.29, 0.717) is 45.0 Å². The van der Waals surface area contributed by atoms with Gasteiger partial charge < -0.3 is 19.7 Å². The zero-order valence-electron chi connectivity index (χ0n) is 12.8. The van der Waals surface area contributed by atoms with E-state index in [2.05, 4.69) is 5.32 Å². The number of ether oxygens (including phenoxy) is 2. The van der Waals surface area contributed by atoms with Gasteiger partial charge in [-0.2, -0.15) is 0 Å². The smallest absolute Gasteiger partial charge is 0.250 e. The lowest BCUT2D eigenvalue weighted by Crippen LogP contribution is -2.41. The molecule has 0 radical (unpaired) electrons. The number of benzene rings is 1. The van der Waals surface area contributed by atoms with Gasteiger partial charge in [-0.05, 0) is 24.6 Å². The predicted molar refractivity (Wildman–Crippen MR) is 82.7 cm³/mol. The highest BCUT2D eigenvalue weighted by molar-refractivity contribution is 5.91. The molecule has 2 amide bonds. The summed E-state index contributed by atoms with van der Waals surface area (Å²) >= 11 is 0. The molecule has 1 heterocycles. The minimum atomic E-state index is -0.181. The number of hydrogen-bond donors (Lipinski definition) is 1. The Balaban J connectivity index is 1.83. The van der Waals surface area contributed by atoms with Crippen LogP contribution in [0.1, 0.15) is 12.5 Å². The molecule has 22 heavy (non-hydrogen) atoms. The third-order valence-electron chi connectivity index (χ3n) is 3.39. The van der Waals surface area contributed by atoms with E-state index in [0.717, 1.165) is 5.56 Å². The molecular weight excluding hydrogens is 284 g/mol. The van der Waals surface area contributed by atoms with Gasteiger partial charge in [-0.3, -0.25) is 9.59 Å². The van der Waals surface area contributed by atoms with Gasteiger partial charge in [0.2, 0.25) is 11.8 Å². The van der Waals surface area contributed by atoms with E-state index in [4.69, 9.17) is 9.47 Å². The Kier molecular flexibility index (Phi) is 6.36. The zero-order valence-corrected chi connectivity index (χ0v) is 12.8. The second kappa shape index (κ2) is 8.51. The first kappa shape index (κ1) is 16.5. The van der Waals surface area contributed by atoms with Crippen molar-refractivity contribution in [3.63, 3.8) is 0 Å². The van der Waals surface area contributed by atoms with E-state index >= 15 is 0 Å². The number of anilines is 1. The summed E-state index contributed by atoms with van der Waals surface area (Å²) < 4.78 is 10.3. The lowest BCUT2D eigenvalue weighted by molar-refractivity contribution is -0.134. The van der Waals surface area contributed by atoms with Gasteiger partial charge >= 0.3 is 0 Å². The first-order chi connectivity index (χ1) is 10.7. The minimum absolute atomic E-state index is 0.0494. The molecule has 2 rings (SSSR count). The van der Waals surface area contributed by atoms with Gasteiger partial charge in [0.05, 0.1) is 19.6 Å². The van der Waals surface area contributed by atoms with Gasteiger partial charge in [0.15, 0.2) is 0 Å². The van der Waals surface area contributed by atoms with Crippen molar-refractivity contribution in [2.75, 3.05) is 44.8 Å². The highest BCUT2D eigenvalue weighted by atomic mass is 16.5. The summed E-state index contributed by atoms with van der Waals surface area (Å²) in [6, 6.07) is 7.31. The van der Waals surface area contributed by atoms with Gasteiger partial charge in [0.25, 0.3) is 0 Å². The van der Waals surface area contributed by atoms with Crippen LogP contribution in [0.15, 0.2) is 24.3 Å². The first-order valence-electron chi connectivity index (χ1n) is 7.51. The molecule has 120 valence electrons. The number of carbonyl (C=O) groups excluding carboxylic acids is 2. The molecule has 0 unspecified atom stereocenters. The lowest BCUT2D eigenvalue weighted by Gasteiger charge is -2.26. The van der Waals surface area contributed by atoms with Gasteiger partial charge in [0, 0.05) is 25.4 Å². The maximum Gasteiger partial charge on any atom is 0.250 e. The summed E-state index contributed by atoms with van der Waals surface area (Å²) in [5.41, 5.74) is 1.63. The van der Waals surface area contributed by atoms with Gasteiger partial charge in [-0.15, -0.1) is 0 Å². The molecule has 0 atom stereocenters. The van der Waals surface area contributed by atoms with Gasteiger partial charge in [0.1, 0.15) is 6.61 Å². The summed E-state index contributed by atoms with van der Waals surface area (Å²) in [5, 5.41) is 2.74. The third kappa shape index (κ3) is 5.13. The van der Waals surface area contributed by atoms with Crippen molar-refractivity contribution in [1.29, 1.82) is 0 Å². The lowest BCUT2D eigenvalue weighted by atomic mass is 10.1. The van der Waals surface area contributed by atoms with Crippen molar-refractivity contribution in [1.82, 2.24) is 4.90 Å². The Morgan fingerprint density at radius 1 is 1.23 bits per heavy atom. The molecule has 0 aromatic heterocycles. The maximum atomic E-state index is 12.1. The summed E-state index contributed by atoms with van der Waals surface area (Å²) in [6.45, 7) is 4.93. The minimum Gasteiger partial charge on any atom is -0.378 e. The second-order valence-electron chi connectivity index (χ2n) is 5.05. The Morgan fingerprint density at radius 3 is 2.55 bits per heavy atom. The standard InChI is InChI=1S/C16H22N2O4/c1-2-21-12-15(19)17-14-5-3-13(4-6-14)11-16(20)18-7-9-22-10-8-18/h3-6H,2,7-12H2,1H3,(H,17,19). The van der Waals surface area contributed by atoms with E-state index in [1.165, 1.54) is 0 Å². The van der Waals surface area contributed by atoms with Gasteiger partial charge in [-0.1, -0.05) is 12.1 Å². The second-order valence-corrected chi connectivity index (χ2v) is 5.05. The molecule has 1 aromatic carbocycles. The van der Waals surface area contributed by atoms with Crippen LogP contribution >= 0.6 is 0 Å². The number of nitrogens with zero attached hydrogens (tertiary/aromatic N) is 1. The van der Waals surface area contributed by atoms with E-state index in [1.807, 2.05) is 24.0 Å². The molecule has 6 nitrogen and oxygen atoms in total. The van der Waals surface area contributed by atoms with E-state index < -0.39 is 0 Å². The fourth-order valence-electron chi connectivity index (χ4n) is 2.20. The van der Waals surface area contributed by atoms with Crippen LogP contribution in [0.5, 0.6) is 0 Å². The highest BCUT2D eigenvalue weighted by Crippen LogP contribution is 2.11. The SMILES string of the molecule is CCOCC(=O)Nc1ccc(CC(=O)N2CCOCC2)cc1. The van der Waals surface area contributed by atoms with Crippen molar-refractivity contribution < 1.29 is 19.1 Å². The molecule has 0 saturated carbocycles. The van der Waals surface area contributed by atoms with Crippen molar-refractivity contribution in [2.24, 2.45) is 0 Å². The number of nitrogens with one attached hydrogen (secondary N) is 1. The van der Waals surface area contributed by atoms with Crippen LogP contribution in [0.2, 0.25) is 0 Å². The van der Waals surface area contributed by atoms with Crippen LogP contribution in [0.4, 0.5) is 5.69 Å². The maximum absolute atomic E-state index is 12.1. The highest BCUT2D eigenvalue weighted by Gasteiger charge is 2.16. The number of hydrogen-bond acceptors (Lipinski definition) is 4.